The van der Waals surface area contributed by atoms with Gasteiger partial charge in [-0.05, 0) is 6.07 Å². The normalized spacial score (nSPS) is 10.2. The number of aromatic amines is 1. The Morgan fingerprint density at radius 3 is 3.00 bits per heavy atom. The van der Waals surface area contributed by atoms with E-state index in [4.69, 9.17) is 9.47 Å². The first-order valence-corrected chi connectivity index (χ1v) is 5.05. The maximum absolute atomic E-state index is 11.6. The van der Waals surface area contributed by atoms with Gasteiger partial charge in [-0.25, -0.2) is 4.98 Å². The molecule has 0 aliphatic carbocycles. The molecule has 0 saturated carbocycles. The maximum atomic E-state index is 11.6. The Kier molecular flexibility index (Phi) is 3.09. The van der Waals surface area contributed by atoms with Crippen molar-refractivity contribution in [2.45, 2.75) is 0 Å². The molecule has 0 amide bonds. The third-order valence-corrected chi connectivity index (χ3v) is 2.28. The van der Waals surface area contributed by atoms with Crippen molar-refractivity contribution >= 4 is 10.9 Å². The summed E-state index contributed by atoms with van der Waals surface area (Å²) in [7, 11) is 1.52. The van der Waals surface area contributed by atoms with E-state index in [1.54, 1.807) is 18.2 Å². The van der Waals surface area contributed by atoms with Gasteiger partial charge >= 0.3 is 0 Å². The molecule has 0 radical (unpaired) electrons. The van der Waals surface area contributed by atoms with Crippen LogP contribution in [0.5, 0.6) is 11.5 Å². The van der Waals surface area contributed by atoms with Gasteiger partial charge in [0.15, 0.2) is 11.5 Å². The molecule has 0 atom stereocenters. The Balaban J connectivity index is 2.60. The van der Waals surface area contributed by atoms with Crippen LogP contribution in [-0.4, -0.2) is 23.7 Å². The molecule has 0 saturated heterocycles. The maximum Gasteiger partial charge on any atom is 0.258 e. The molecule has 1 aromatic heterocycles. The molecule has 88 valence electrons. The van der Waals surface area contributed by atoms with Crippen molar-refractivity contribution in [1.29, 1.82) is 0 Å². The molecule has 2 aromatic rings. The van der Waals surface area contributed by atoms with Crippen LogP contribution < -0.4 is 15.0 Å². The average Bonchev–Trinajstić information content (AvgIpc) is 2.36. The number of fused-ring (bicyclic) bond motifs is 1. The first-order chi connectivity index (χ1) is 8.26. The summed E-state index contributed by atoms with van der Waals surface area (Å²) in [4.78, 5) is 18.1. The minimum Gasteiger partial charge on any atom is -0.493 e. The highest BCUT2D eigenvalue weighted by molar-refractivity contribution is 5.81. The summed E-state index contributed by atoms with van der Waals surface area (Å²) in [5.74, 6) is 1.04. The molecule has 0 aliphatic heterocycles. The smallest absolute Gasteiger partial charge is 0.258 e. The number of nitrogens with zero attached hydrogens (tertiary/aromatic N) is 1. The summed E-state index contributed by atoms with van der Waals surface area (Å²) in [6.07, 6.45) is 2.99. The van der Waals surface area contributed by atoms with Crippen LogP contribution in [0.15, 0.2) is 35.9 Å². The number of H-pyrrole nitrogens is 1. The zero-order valence-electron chi connectivity index (χ0n) is 9.40. The molecule has 0 unspecified atom stereocenters. The Morgan fingerprint density at radius 2 is 2.29 bits per heavy atom. The van der Waals surface area contributed by atoms with Gasteiger partial charge in [-0.2, -0.15) is 0 Å². The van der Waals surface area contributed by atoms with Gasteiger partial charge in [-0.3, -0.25) is 4.79 Å². The van der Waals surface area contributed by atoms with Crippen LogP contribution in [0.4, 0.5) is 0 Å². The first kappa shape index (κ1) is 11.2. The van der Waals surface area contributed by atoms with Crippen molar-refractivity contribution in [3.8, 4) is 11.5 Å². The number of nitrogens with one attached hydrogen (secondary N) is 1. The summed E-state index contributed by atoms with van der Waals surface area (Å²) < 4.78 is 10.6. The van der Waals surface area contributed by atoms with Crippen LogP contribution in [0.2, 0.25) is 0 Å². The molecule has 5 nitrogen and oxygen atoms in total. The van der Waals surface area contributed by atoms with Crippen LogP contribution in [0.1, 0.15) is 0 Å². The Bertz CT molecular complexity index is 604. The van der Waals surface area contributed by atoms with Gasteiger partial charge in [0.05, 0.1) is 24.3 Å². The SMILES string of the molecule is C=CCOc1cc2nc[nH]c(=O)c2cc1OC. The van der Waals surface area contributed by atoms with Gasteiger partial charge in [0.1, 0.15) is 6.61 Å². The minimum absolute atomic E-state index is 0.205. The Labute approximate surface area is 97.7 Å². The Hall–Kier alpha value is -2.30. The van der Waals surface area contributed by atoms with Gasteiger partial charge in [0.25, 0.3) is 5.56 Å². The van der Waals surface area contributed by atoms with E-state index in [0.717, 1.165) is 0 Å². The number of benzene rings is 1. The third-order valence-electron chi connectivity index (χ3n) is 2.28. The van der Waals surface area contributed by atoms with Crippen molar-refractivity contribution in [1.82, 2.24) is 9.97 Å². The van der Waals surface area contributed by atoms with E-state index in [1.807, 2.05) is 0 Å². The molecule has 17 heavy (non-hydrogen) atoms. The second-order valence-electron chi connectivity index (χ2n) is 3.35. The van der Waals surface area contributed by atoms with Gasteiger partial charge in [0.2, 0.25) is 0 Å². The largest absolute Gasteiger partial charge is 0.493 e. The summed E-state index contributed by atoms with van der Waals surface area (Å²) in [5.41, 5.74) is 0.359. The average molecular weight is 232 g/mol. The summed E-state index contributed by atoms with van der Waals surface area (Å²) in [6.45, 7) is 3.94. The van der Waals surface area contributed by atoms with Gasteiger partial charge in [0, 0.05) is 6.07 Å². The first-order valence-electron chi connectivity index (χ1n) is 5.05. The number of rotatable bonds is 4. The van der Waals surface area contributed by atoms with Crippen LogP contribution >= 0.6 is 0 Å². The van der Waals surface area contributed by atoms with E-state index in [9.17, 15) is 4.79 Å². The van der Waals surface area contributed by atoms with E-state index in [2.05, 4.69) is 16.5 Å². The van der Waals surface area contributed by atoms with Gasteiger partial charge in [-0.15, -0.1) is 0 Å². The zero-order valence-corrected chi connectivity index (χ0v) is 9.40. The summed E-state index contributed by atoms with van der Waals surface area (Å²) in [5, 5.41) is 0.468. The number of methoxy groups -OCH3 is 1. The molecule has 5 heteroatoms. The highest BCUT2D eigenvalue weighted by atomic mass is 16.5. The highest BCUT2D eigenvalue weighted by Gasteiger charge is 2.09. The molecular weight excluding hydrogens is 220 g/mol. The quantitative estimate of drug-likeness (QED) is 0.811. The molecule has 0 spiro atoms. The zero-order chi connectivity index (χ0) is 12.3. The standard InChI is InChI=1S/C12H12N2O3/c1-3-4-17-11-6-9-8(5-10(11)16-2)12(15)14-7-13-9/h3,5-7H,1,4H2,2H3,(H,13,14,15). The predicted molar refractivity (Wildman–Crippen MR) is 64.6 cm³/mol. The van der Waals surface area contributed by atoms with Crippen molar-refractivity contribution < 1.29 is 9.47 Å². The van der Waals surface area contributed by atoms with E-state index in [-0.39, 0.29) is 5.56 Å². The summed E-state index contributed by atoms with van der Waals surface area (Å²) in [6, 6.07) is 3.28. The van der Waals surface area contributed by atoms with Crippen LogP contribution in [0.25, 0.3) is 10.9 Å². The number of hydrogen-bond donors (Lipinski definition) is 1. The fourth-order valence-corrected chi connectivity index (χ4v) is 1.50. The van der Waals surface area contributed by atoms with E-state index in [0.29, 0.717) is 29.0 Å². The predicted octanol–water partition coefficient (Wildman–Crippen LogP) is 1.50. The number of hydrogen-bond acceptors (Lipinski definition) is 4. The van der Waals surface area contributed by atoms with Crippen molar-refractivity contribution in [3.05, 3.63) is 41.5 Å². The van der Waals surface area contributed by atoms with E-state index < -0.39 is 0 Å². The van der Waals surface area contributed by atoms with Crippen molar-refractivity contribution in [3.63, 3.8) is 0 Å². The Morgan fingerprint density at radius 1 is 1.47 bits per heavy atom. The summed E-state index contributed by atoms with van der Waals surface area (Å²) >= 11 is 0. The van der Waals surface area contributed by atoms with E-state index >= 15 is 0 Å². The lowest BCUT2D eigenvalue weighted by Gasteiger charge is -2.09. The third kappa shape index (κ3) is 2.13. The lowest BCUT2D eigenvalue weighted by atomic mass is 10.2. The van der Waals surface area contributed by atoms with Gasteiger partial charge in [-0.1, -0.05) is 12.7 Å². The fraction of sp³-hybridized carbons (Fsp3) is 0.167. The van der Waals surface area contributed by atoms with Crippen LogP contribution in [0, 0.1) is 0 Å². The number of aromatic nitrogens is 2. The lowest BCUT2D eigenvalue weighted by Crippen LogP contribution is -2.07. The molecule has 1 heterocycles. The second-order valence-corrected chi connectivity index (χ2v) is 3.35. The lowest BCUT2D eigenvalue weighted by molar-refractivity contribution is 0.327. The molecule has 0 bridgehead atoms. The number of ether oxygens (including phenoxy) is 2. The highest BCUT2D eigenvalue weighted by Crippen LogP contribution is 2.30. The molecule has 1 aromatic carbocycles. The fourth-order valence-electron chi connectivity index (χ4n) is 1.50. The monoisotopic (exact) mass is 232 g/mol. The van der Waals surface area contributed by atoms with Crippen LogP contribution in [-0.2, 0) is 0 Å². The molecule has 2 rings (SSSR count). The van der Waals surface area contributed by atoms with Crippen molar-refractivity contribution in [2.75, 3.05) is 13.7 Å². The van der Waals surface area contributed by atoms with Crippen LogP contribution in [0.3, 0.4) is 0 Å². The minimum atomic E-state index is -0.205. The van der Waals surface area contributed by atoms with Gasteiger partial charge < -0.3 is 14.5 Å². The van der Waals surface area contributed by atoms with Crippen molar-refractivity contribution in [2.24, 2.45) is 0 Å². The molecular formula is C12H12N2O3. The second kappa shape index (κ2) is 4.69. The van der Waals surface area contributed by atoms with E-state index in [1.165, 1.54) is 13.4 Å². The molecule has 0 aliphatic rings. The molecule has 0 fully saturated rings. The molecule has 1 N–H and O–H groups in total. The topological polar surface area (TPSA) is 64.2 Å².